The van der Waals surface area contributed by atoms with E-state index in [0.29, 0.717) is 12.8 Å². The quantitative estimate of drug-likeness (QED) is 0.879. The van der Waals surface area contributed by atoms with Gasteiger partial charge >= 0.3 is 0 Å². The number of nitrogens with zero attached hydrogens (tertiary/aromatic N) is 1. The summed E-state index contributed by atoms with van der Waals surface area (Å²) in [6.07, 6.45) is 2.98. The van der Waals surface area contributed by atoms with Gasteiger partial charge in [0, 0.05) is 18.6 Å². The molecule has 0 unspecified atom stereocenters. The van der Waals surface area contributed by atoms with Gasteiger partial charge in [0.1, 0.15) is 4.90 Å². The predicted octanol–water partition coefficient (Wildman–Crippen LogP) is 3.57. The zero-order chi connectivity index (χ0) is 15.8. The van der Waals surface area contributed by atoms with Crippen LogP contribution in [0.2, 0.25) is 15.1 Å². The van der Waals surface area contributed by atoms with Gasteiger partial charge in [-0.3, -0.25) is 0 Å². The first-order valence-corrected chi connectivity index (χ1v) is 9.06. The summed E-state index contributed by atoms with van der Waals surface area (Å²) in [6, 6.07) is 2.67. The summed E-state index contributed by atoms with van der Waals surface area (Å²) < 4.78 is 26.3. The van der Waals surface area contributed by atoms with Crippen LogP contribution in [0.1, 0.15) is 25.7 Å². The Morgan fingerprint density at radius 3 is 2.14 bits per heavy atom. The fraction of sp³-hybridized carbons (Fsp3) is 0.538. The summed E-state index contributed by atoms with van der Waals surface area (Å²) in [6.45, 7) is 0.0185. The van der Waals surface area contributed by atoms with Crippen LogP contribution in [0.3, 0.4) is 0 Å². The van der Waals surface area contributed by atoms with Gasteiger partial charge in [0.25, 0.3) is 0 Å². The van der Waals surface area contributed by atoms with Gasteiger partial charge in [-0.2, -0.15) is 4.31 Å². The molecule has 118 valence electrons. The molecule has 1 aliphatic carbocycles. The highest BCUT2D eigenvalue weighted by Crippen LogP contribution is 2.36. The van der Waals surface area contributed by atoms with E-state index in [1.807, 2.05) is 0 Å². The fourth-order valence-corrected chi connectivity index (χ4v) is 5.36. The van der Waals surface area contributed by atoms with E-state index in [4.69, 9.17) is 34.8 Å². The molecule has 0 heterocycles. The predicted molar refractivity (Wildman–Crippen MR) is 84.7 cm³/mol. The van der Waals surface area contributed by atoms with Crippen molar-refractivity contribution >= 4 is 44.8 Å². The Balaban J connectivity index is 2.34. The Kier molecular flexibility index (Phi) is 5.13. The largest absolute Gasteiger partial charge is 0.389 e. The maximum absolute atomic E-state index is 12.6. The Morgan fingerprint density at radius 1 is 1.19 bits per heavy atom. The number of rotatable bonds is 4. The van der Waals surface area contributed by atoms with Crippen LogP contribution in [0, 0.1) is 0 Å². The van der Waals surface area contributed by atoms with Crippen molar-refractivity contribution in [2.24, 2.45) is 0 Å². The van der Waals surface area contributed by atoms with Crippen molar-refractivity contribution in [3.05, 3.63) is 27.2 Å². The standard InChI is InChI=1S/C13H16Cl3NO3S/c1-17(8-13(18)4-2-3-5-13)21(19,20)12-10(15)6-9(14)7-11(12)16/h6-7,18H,2-5,8H2,1H3. The molecule has 1 aromatic carbocycles. The van der Waals surface area contributed by atoms with Crippen LogP contribution in [0.5, 0.6) is 0 Å². The summed E-state index contributed by atoms with van der Waals surface area (Å²) in [5.74, 6) is 0. The average molecular weight is 373 g/mol. The zero-order valence-electron chi connectivity index (χ0n) is 11.4. The first kappa shape index (κ1) is 17.3. The highest BCUT2D eigenvalue weighted by Gasteiger charge is 2.37. The monoisotopic (exact) mass is 371 g/mol. The second-order valence-electron chi connectivity index (χ2n) is 5.39. The fourth-order valence-electron chi connectivity index (χ4n) is 2.62. The molecule has 0 atom stereocenters. The van der Waals surface area contributed by atoms with E-state index in [-0.39, 0.29) is 26.5 Å². The number of likely N-dealkylation sites (N-methyl/N-ethyl adjacent to an activating group) is 1. The van der Waals surface area contributed by atoms with E-state index in [0.717, 1.165) is 17.1 Å². The lowest BCUT2D eigenvalue weighted by Gasteiger charge is -2.28. The third-order valence-corrected chi connectivity index (χ3v) is 6.63. The highest BCUT2D eigenvalue weighted by atomic mass is 35.5. The molecular weight excluding hydrogens is 357 g/mol. The molecule has 0 bridgehead atoms. The van der Waals surface area contributed by atoms with Gasteiger partial charge in [-0.05, 0) is 25.0 Å². The van der Waals surface area contributed by atoms with Crippen LogP contribution >= 0.6 is 34.8 Å². The SMILES string of the molecule is CN(CC1(O)CCCC1)S(=O)(=O)c1c(Cl)cc(Cl)cc1Cl. The summed E-state index contributed by atoms with van der Waals surface area (Å²) in [4.78, 5) is -0.181. The minimum absolute atomic E-state index is 0.0185. The summed E-state index contributed by atoms with van der Waals surface area (Å²) in [5, 5.41) is 10.6. The molecule has 8 heteroatoms. The van der Waals surface area contributed by atoms with Gasteiger partial charge < -0.3 is 5.11 Å². The molecule has 0 saturated heterocycles. The van der Waals surface area contributed by atoms with Crippen molar-refractivity contribution in [2.75, 3.05) is 13.6 Å². The molecule has 4 nitrogen and oxygen atoms in total. The van der Waals surface area contributed by atoms with Crippen molar-refractivity contribution in [3.8, 4) is 0 Å². The molecule has 1 N–H and O–H groups in total. The maximum atomic E-state index is 12.6. The number of hydrogen-bond acceptors (Lipinski definition) is 3. The molecule has 1 aliphatic rings. The number of aliphatic hydroxyl groups is 1. The van der Waals surface area contributed by atoms with Gasteiger partial charge in [-0.15, -0.1) is 0 Å². The van der Waals surface area contributed by atoms with Crippen LogP contribution in [0.15, 0.2) is 17.0 Å². The van der Waals surface area contributed by atoms with Crippen LogP contribution in [0.4, 0.5) is 0 Å². The molecule has 0 aliphatic heterocycles. The lowest BCUT2D eigenvalue weighted by atomic mass is 10.0. The minimum Gasteiger partial charge on any atom is -0.389 e. The number of hydrogen-bond donors (Lipinski definition) is 1. The third kappa shape index (κ3) is 3.66. The Morgan fingerprint density at radius 2 is 1.67 bits per heavy atom. The summed E-state index contributed by atoms with van der Waals surface area (Å²) >= 11 is 17.7. The third-order valence-electron chi connectivity index (χ3n) is 3.68. The molecule has 2 rings (SSSR count). The molecule has 1 saturated carbocycles. The van der Waals surface area contributed by atoms with Crippen LogP contribution < -0.4 is 0 Å². The van der Waals surface area contributed by atoms with Crippen LogP contribution in [0.25, 0.3) is 0 Å². The first-order chi connectivity index (χ1) is 9.66. The van der Waals surface area contributed by atoms with Crippen molar-refractivity contribution in [2.45, 2.75) is 36.2 Å². The van der Waals surface area contributed by atoms with Crippen LogP contribution in [-0.4, -0.2) is 37.0 Å². The molecule has 0 aromatic heterocycles. The van der Waals surface area contributed by atoms with E-state index < -0.39 is 15.6 Å². The number of halogens is 3. The molecule has 1 fully saturated rings. The van der Waals surface area contributed by atoms with Gasteiger partial charge in [-0.1, -0.05) is 47.6 Å². The van der Waals surface area contributed by atoms with Crippen molar-refractivity contribution < 1.29 is 13.5 Å². The van der Waals surface area contributed by atoms with Gasteiger partial charge in [0.05, 0.1) is 15.6 Å². The second kappa shape index (κ2) is 6.22. The van der Waals surface area contributed by atoms with E-state index in [1.54, 1.807) is 0 Å². The van der Waals surface area contributed by atoms with E-state index in [9.17, 15) is 13.5 Å². The van der Waals surface area contributed by atoms with Gasteiger partial charge in [0.15, 0.2) is 0 Å². The molecule has 0 amide bonds. The molecule has 0 radical (unpaired) electrons. The normalized spacial score (nSPS) is 18.4. The van der Waals surface area contributed by atoms with Gasteiger partial charge in [-0.25, -0.2) is 8.42 Å². The Labute approximate surface area is 139 Å². The first-order valence-electron chi connectivity index (χ1n) is 6.49. The summed E-state index contributed by atoms with van der Waals surface area (Å²) in [7, 11) is -2.48. The van der Waals surface area contributed by atoms with Crippen molar-refractivity contribution in [1.29, 1.82) is 0 Å². The molecule has 21 heavy (non-hydrogen) atoms. The van der Waals surface area contributed by atoms with Crippen molar-refractivity contribution in [1.82, 2.24) is 4.31 Å². The smallest absolute Gasteiger partial charge is 0.245 e. The second-order valence-corrected chi connectivity index (χ2v) is 8.62. The number of sulfonamides is 1. The lowest BCUT2D eigenvalue weighted by molar-refractivity contribution is 0.0333. The van der Waals surface area contributed by atoms with E-state index in [1.165, 1.54) is 19.2 Å². The van der Waals surface area contributed by atoms with Crippen molar-refractivity contribution in [3.63, 3.8) is 0 Å². The average Bonchev–Trinajstić information content (AvgIpc) is 2.73. The van der Waals surface area contributed by atoms with Crippen LogP contribution in [-0.2, 0) is 10.0 Å². The topological polar surface area (TPSA) is 57.6 Å². The zero-order valence-corrected chi connectivity index (χ0v) is 14.5. The molecule has 0 spiro atoms. The number of benzene rings is 1. The summed E-state index contributed by atoms with van der Waals surface area (Å²) in [5.41, 5.74) is -0.979. The van der Waals surface area contributed by atoms with Gasteiger partial charge in [0.2, 0.25) is 10.0 Å². The Hall–Kier alpha value is -0.0400. The minimum atomic E-state index is -3.89. The Bertz CT molecular complexity index is 619. The maximum Gasteiger partial charge on any atom is 0.245 e. The van der Waals surface area contributed by atoms with E-state index in [2.05, 4.69) is 0 Å². The van der Waals surface area contributed by atoms with E-state index >= 15 is 0 Å². The molecular formula is C13H16Cl3NO3S. The lowest BCUT2D eigenvalue weighted by Crippen LogP contribution is -2.42. The highest BCUT2D eigenvalue weighted by molar-refractivity contribution is 7.89. The molecule has 1 aromatic rings.